The molecule has 1 aliphatic carbocycles. The highest BCUT2D eigenvalue weighted by atomic mass is 32.2. The van der Waals surface area contributed by atoms with Gasteiger partial charge in [-0.1, -0.05) is 12.1 Å². The van der Waals surface area contributed by atoms with Crippen molar-refractivity contribution in [3.05, 3.63) is 34.9 Å². The number of fused-ring (bicyclic) bond motifs is 1. The summed E-state index contributed by atoms with van der Waals surface area (Å²) in [6, 6.07) is 5.81. The third-order valence-corrected chi connectivity index (χ3v) is 5.04. The van der Waals surface area contributed by atoms with Crippen molar-refractivity contribution in [2.75, 3.05) is 18.6 Å². The Morgan fingerprint density at radius 2 is 1.87 bits per heavy atom. The van der Waals surface area contributed by atoms with Crippen LogP contribution in [0, 0.1) is 0 Å². The van der Waals surface area contributed by atoms with Crippen molar-refractivity contribution in [3.63, 3.8) is 0 Å². The largest absolute Gasteiger partial charge is 0.356 e. The second kappa shape index (κ2) is 7.73. The zero-order chi connectivity index (χ0) is 16.9. The van der Waals surface area contributed by atoms with Crippen LogP contribution in [0.3, 0.4) is 0 Å². The lowest BCUT2D eigenvalue weighted by Crippen LogP contribution is -2.26. The van der Waals surface area contributed by atoms with Crippen LogP contribution in [0.1, 0.15) is 47.2 Å². The van der Waals surface area contributed by atoms with E-state index in [1.807, 2.05) is 18.2 Å². The van der Waals surface area contributed by atoms with Gasteiger partial charge in [0.1, 0.15) is 9.84 Å². The fraction of sp³-hybridized carbons (Fsp3) is 0.529. The van der Waals surface area contributed by atoms with Gasteiger partial charge in [-0.3, -0.25) is 9.59 Å². The topological polar surface area (TPSA) is 80.3 Å². The van der Waals surface area contributed by atoms with Crippen LogP contribution in [0.5, 0.6) is 0 Å². The summed E-state index contributed by atoms with van der Waals surface area (Å²) >= 11 is 0. The van der Waals surface area contributed by atoms with Gasteiger partial charge in [0.25, 0.3) is 0 Å². The zero-order valence-electron chi connectivity index (χ0n) is 13.4. The van der Waals surface area contributed by atoms with Gasteiger partial charge in [-0.25, -0.2) is 8.42 Å². The van der Waals surface area contributed by atoms with Gasteiger partial charge in [0.05, 0.1) is 5.75 Å². The molecule has 0 heterocycles. The maximum atomic E-state index is 12.2. The van der Waals surface area contributed by atoms with E-state index in [1.54, 1.807) is 0 Å². The van der Waals surface area contributed by atoms with Crippen molar-refractivity contribution in [2.45, 2.75) is 38.5 Å². The molecular formula is C17H23NO4S. The lowest BCUT2D eigenvalue weighted by atomic mass is 10.0. The van der Waals surface area contributed by atoms with Crippen molar-refractivity contribution in [1.82, 2.24) is 5.32 Å². The molecule has 0 fully saturated rings. The highest BCUT2D eigenvalue weighted by Gasteiger charge is 2.14. The molecule has 5 nitrogen and oxygen atoms in total. The number of hydrogen-bond donors (Lipinski definition) is 1. The molecular weight excluding hydrogens is 314 g/mol. The second-order valence-corrected chi connectivity index (χ2v) is 8.35. The summed E-state index contributed by atoms with van der Waals surface area (Å²) in [5, 5.41) is 2.65. The monoisotopic (exact) mass is 337 g/mol. The van der Waals surface area contributed by atoms with Crippen LogP contribution in [0.4, 0.5) is 0 Å². The van der Waals surface area contributed by atoms with E-state index in [2.05, 4.69) is 5.32 Å². The molecule has 23 heavy (non-hydrogen) atoms. The number of nitrogens with one attached hydrogen (secondary N) is 1. The first kappa shape index (κ1) is 17.7. The number of ketones is 1. The number of Topliss-reactive ketones (excluding diaryl/α,β-unsaturated/α-hetero) is 1. The second-order valence-electron chi connectivity index (χ2n) is 6.09. The molecule has 1 N–H and O–H groups in total. The van der Waals surface area contributed by atoms with E-state index in [0.29, 0.717) is 18.5 Å². The number of amides is 1. The predicted octanol–water partition coefficient (Wildman–Crippen LogP) is 1.69. The lowest BCUT2D eigenvalue weighted by molar-refractivity contribution is -0.121. The highest BCUT2D eigenvalue weighted by Crippen LogP contribution is 2.23. The molecule has 1 amide bonds. The molecule has 1 aromatic rings. The first-order valence-corrected chi connectivity index (χ1v) is 10.0. The van der Waals surface area contributed by atoms with Gasteiger partial charge in [-0.05, 0) is 42.9 Å². The number of aryl methyl sites for hydroxylation is 2. The molecule has 126 valence electrons. The SMILES string of the molecule is CS(=O)(=O)CCCNC(=O)CCC(=O)c1ccc2c(c1)CCC2. The molecule has 0 radical (unpaired) electrons. The zero-order valence-corrected chi connectivity index (χ0v) is 14.2. The Kier molecular flexibility index (Phi) is 5.93. The Balaban J connectivity index is 1.72. The van der Waals surface area contributed by atoms with Crippen molar-refractivity contribution in [3.8, 4) is 0 Å². The van der Waals surface area contributed by atoms with Crippen LogP contribution in [-0.2, 0) is 27.5 Å². The Morgan fingerprint density at radius 1 is 1.13 bits per heavy atom. The van der Waals surface area contributed by atoms with Gasteiger partial charge in [-0.2, -0.15) is 0 Å². The first-order valence-electron chi connectivity index (χ1n) is 7.94. The Hall–Kier alpha value is -1.69. The fourth-order valence-corrected chi connectivity index (χ4v) is 3.44. The fourth-order valence-electron chi connectivity index (χ4n) is 2.77. The molecule has 1 aliphatic rings. The summed E-state index contributed by atoms with van der Waals surface area (Å²) < 4.78 is 21.9. The number of carbonyl (C=O) groups excluding carboxylic acids is 2. The quantitative estimate of drug-likeness (QED) is 0.578. The normalized spacial score (nSPS) is 13.6. The number of carbonyl (C=O) groups is 2. The summed E-state index contributed by atoms with van der Waals surface area (Å²) in [5.41, 5.74) is 3.25. The molecule has 2 rings (SSSR count). The van der Waals surface area contributed by atoms with E-state index >= 15 is 0 Å². The minimum absolute atomic E-state index is 0.0222. The standard InChI is InChI=1S/C17H23NO4S/c1-23(21,22)11-3-10-18-17(20)9-8-16(19)15-7-6-13-4-2-5-14(13)12-15/h6-7,12H,2-5,8-11H2,1H3,(H,18,20). The summed E-state index contributed by atoms with van der Waals surface area (Å²) in [6.45, 7) is 0.318. The molecule has 0 aromatic heterocycles. The summed E-state index contributed by atoms with van der Waals surface area (Å²) in [7, 11) is -2.99. The van der Waals surface area contributed by atoms with Gasteiger partial charge < -0.3 is 5.32 Å². The van der Waals surface area contributed by atoms with Crippen LogP contribution in [0.15, 0.2) is 18.2 Å². The van der Waals surface area contributed by atoms with Crippen LogP contribution < -0.4 is 5.32 Å². The maximum absolute atomic E-state index is 12.2. The van der Waals surface area contributed by atoms with E-state index < -0.39 is 9.84 Å². The summed E-state index contributed by atoms with van der Waals surface area (Å²) in [5.74, 6) is -0.180. The van der Waals surface area contributed by atoms with E-state index in [0.717, 1.165) is 19.3 Å². The molecule has 0 atom stereocenters. The number of benzene rings is 1. The van der Waals surface area contributed by atoms with Crippen molar-refractivity contribution < 1.29 is 18.0 Å². The van der Waals surface area contributed by atoms with Crippen LogP contribution >= 0.6 is 0 Å². The van der Waals surface area contributed by atoms with Gasteiger partial charge >= 0.3 is 0 Å². The minimum Gasteiger partial charge on any atom is -0.356 e. The molecule has 0 aliphatic heterocycles. The summed E-state index contributed by atoms with van der Waals surface area (Å²) in [4.78, 5) is 23.8. The van der Waals surface area contributed by atoms with Gasteiger partial charge in [0, 0.05) is 31.2 Å². The molecule has 0 saturated carbocycles. The van der Waals surface area contributed by atoms with Crippen LogP contribution in [-0.4, -0.2) is 38.7 Å². The van der Waals surface area contributed by atoms with E-state index in [4.69, 9.17) is 0 Å². The minimum atomic E-state index is -2.99. The van der Waals surface area contributed by atoms with Gasteiger partial charge in [0.15, 0.2) is 5.78 Å². The number of sulfone groups is 1. The number of hydrogen-bond acceptors (Lipinski definition) is 4. The van der Waals surface area contributed by atoms with Crippen LogP contribution in [0.25, 0.3) is 0 Å². The molecule has 1 aromatic carbocycles. The Labute approximate surface area is 137 Å². The Morgan fingerprint density at radius 3 is 2.61 bits per heavy atom. The molecule has 0 bridgehead atoms. The van der Waals surface area contributed by atoms with Crippen LogP contribution in [0.2, 0.25) is 0 Å². The predicted molar refractivity (Wildman–Crippen MR) is 89.4 cm³/mol. The van der Waals surface area contributed by atoms with Crippen molar-refractivity contribution >= 4 is 21.5 Å². The summed E-state index contributed by atoms with van der Waals surface area (Å²) in [6.07, 6.45) is 5.12. The molecule has 6 heteroatoms. The lowest BCUT2D eigenvalue weighted by Gasteiger charge is -2.06. The molecule has 0 unspecified atom stereocenters. The van der Waals surface area contributed by atoms with E-state index in [1.165, 1.54) is 17.4 Å². The van der Waals surface area contributed by atoms with Gasteiger partial charge in [-0.15, -0.1) is 0 Å². The van der Waals surface area contributed by atoms with E-state index in [9.17, 15) is 18.0 Å². The number of rotatable bonds is 8. The molecule has 0 spiro atoms. The van der Waals surface area contributed by atoms with E-state index in [-0.39, 0.29) is 30.3 Å². The maximum Gasteiger partial charge on any atom is 0.220 e. The van der Waals surface area contributed by atoms with Crippen molar-refractivity contribution in [1.29, 1.82) is 0 Å². The Bertz CT molecular complexity index is 695. The van der Waals surface area contributed by atoms with Gasteiger partial charge in [0.2, 0.25) is 5.91 Å². The highest BCUT2D eigenvalue weighted by molar-refractivity contribution is 7.90. The first-order chi connectivity index (χ1) is 10.8. The third-order valence-electron chi connectivity index (χ3n) is 4.01. The smallest absolute Gasteiger partial charge is 0.220 e. The van der Waals surface area contributed by atoms with Crippen molar-refractivity contribution in [2.24, 2.45) is 0 Å². The average molecular weight is 337 g/mol. The molecule has 0 saturated heterocycles. The third kappa shape index (κ3) is 5.78. The average Bonchev–Trinajstić information content (AvgIpc) is 2.95.